The molecule has 1 aromatic rings. The molecule has 1 heterocycles. The van der Waals surface area contributed by atoms with Crippen molar-refractivity contribution in [1.29, 1.82) is 0 Å². The number of sulfonamides is 1. The van der Waals surface area contributed by atoms with Gasteiger partial charge in [-0.25, -0.2) is 13.1 Å². The van der Waals surface area contributed by atoms with E-state index in [0.717, 1.165) is 5.69 Å². The monoisotopic (exact) mass is 285 g/mol. The van der Waals surface area contributed by atoms with Crippen LogP contribution in [0.5, 0.6) is 0 Å². The van der Waals surface area contributed by atoms with Crippen molar-refractivity contribution in [2.24, 2.45) is 11.7 Å². The van der Waals surface area contributed by atoms with Crippen LogP contribution in [0, 0.1) is 5.92 Å². The fourth-order valence-electron chi connectivity index (χ4n) is 1.78. The number of hydrogen-bond donors (Lipinski definition) is 2. The Bertz CT molecular complexity index is 460. The summed E-state index contributed by atoms with van der Waals surface area (Å²) in [6, 6.07) is 5.40. The number of nitrogens with one attached hydrogen (secondary N) is 1. The van der Waals surface area contributed by atoms with Crippen molar-refractivity contribution in [3.8, 4) is 0 Å². The average molecular weight is 285 g/mol. The molecule has 0 radical (unpaired) electrons. The molecule has 0 aromatic carbocycles. The lowest BCUT2D eigenvalue weighted by molar-refractivity contribution is 0.428. The Morgan fingerprint density at radius 3 is 2.63 bits per heavy atom. The predicted octanol–water partition coefficient (Wildman–Crippen LogP) is 0.917. The van der Waals surface area contributed by atoms with Gasteiger partial charge in [0, 0.05) is 24.4 Å². The van der Waals surface area contributed by atoms with Crippen LogP contribution in [0.1, 0.15) is 26.0 Å². The van der Waals surface area contributed by atoms with Gasteiger partial charge in [-0.15, -0.1) is 0 Å². The first-order valence-electron chi connectivity index (χ1n) is 6.54. The minimum absolute atomic E-state index is 0.0534. The van der Waals surface area contributed by atoms with E-state index < -0.39 is 10.0 Å². The maximum atomic E-state index is 12.0. The molecule has 0 aliphatic heterocycles. The van der Waals surface area contributed by atoms with E-state index in [0.29, 0.717) is 19.4 Å². The summed E-state index contributed by atoms with van der Waals surface area (Å²) >= 11 is 0. The van der Waals surface area contributed by atoms with Crippen molar-refractivity contribution in [2.75, 3.05) is 12.3 Å². The minimum atomic E-state index is -3.29. The van der Waals surface area contributed by atoms with Crippen LogP contribution >= 0.6 is 0 Å². The number of nitrogens with zero attached hydrogens (tertiary/aromatic N) is 1. The van der Waals surface area contributed by atoms with Crippen molar-refractivity contribution >= 4 is 10.0 Å². The fourth-order valence-corrected chi connectivity index (χ4v) is 3.23. The third-order valence-electron chi connectivity index (χ3n) is 2.97. The highest BCUT2D eigenvalue weighted by atomic mass is 32.2. The molecule has 0 bridgehead atoms. The molecule has 0 fully saturated rings. The molecule has 19 heavy (non-hydrogen) atoms. The van der Waals surface area contributed by atoms with Gasteiger partial charge in [-0.1, -0.05) is 19.9 Å². The number of pyridine rings is 1. The average Bonchev–Trinajstić information content (AvgIpc) is 2.37. The van der Waals surface area contributed by atoms with Crippen molar-refractivity contribution in [2.45, 2.75) is 32.7 Å². The summed E-state index contributed by atoms with van der Waals surface area (Å²) in [5, 5.41) is 0. The second-order valence-corrected chi connectivity index (χ2v) is 6.81. The molecule has 0 amide bonds. The van der Waals surface area contributed by atoms with Crippen LogP contribution in [-0.2, 0) is 16.4 Å². The zero-order valence-electron chi connectivity index (χ0n) is 11.5. The fraction of sp³-hybridized carbons (Fsp3) is 0.615. The molecule has 1 unspecified atom stereocenters. The third kappa shape index (κ3) is 6.13. The van der Waals surface area contributed by atoms with Crippen molar-refractivity contribution in [3.63, 3.8) is 0 Å². The number of hydrogen-bond acceptors (Lipinski definition) is 4. The van der Waals surface area contributed by atoms with E-state index >= 15 is 0 Å². The van der Waals surface area contributed by atoms with E-state index in [9.17, 15) is 8.42 Å². The van der Waals surface area contributed by atoms with Crippen LogP contribution in [0.25, 0.3) is 0 Å². The van der Waals surface area contributed by atoms with Gasteiger partial charge < -0.3 is 5.73 Å². The van der Waals surface area contributed by atoms with E-state index in [4.69, 9.17) is 5.73 Å². The van der Waals surface area contributed by atoms with Gasteiger partial charge in [-0.2, -0.15) is 0 Å². The Morgan fingerprint density at radius 2 is 2.11 bits per heavy atom. The summed E-state index contributed by atoms with van der Waals surface area (Å²) in [6.07, 6.45) is 2.74. The Hall–Kier alpha value is -0.980. The molecule has 0 saturated carbocycles. The van der Waals surface area contributed by atoms with Crippen molar-refractivity contribution in [3.05, 3.63) is 30.1 Å². The quantitative estimate of drug-likeness (QED) is 0.743. The van der Waals surface area contributed by atoms with Crippen LogP contribution in [0.4, 0.5) is 0 Å². The van der Waals surface area contributed by atoms with Crippen LogP contribution in [0.2, 0.25) is 0 Å². The van der Waals surface area contributed by atoms with Crippen molar-refractivity contribution < 1.29 is 8.42 Å². The normalized spacial score (nSPS) is 13.7. The summed E-state index contributed by atoms with van der Waals surface area (Å²) in [4.78, 5) is 4.12. The largest absolute Gasteiger partial charge is 0.330 e. The van der Waals surface area contributed by atoms with Crippen LogP contribution in [0.15, 0.2) is 24.4 Å². The Morgan fingerprint density at radius 1 is 1.37 bits per heavy atom. The lowest BCUT2D eigenvalue weighted by atomic mass is 10.0. The number of aryl methyl sites for hydroxylation is 1. The van der Waals surface area contributed by atoms with Crippen LogP contribution < -0.4 is 10.5 Å². The van der Waals surface area contributed by atoms with E-state index in [1.165, 1.54) is 0 Å². The first-order valence-corrected chi connectivity index (χ1v) is 8.20. The molecule has 1 atom stereocenters. The molecule has 3 N–H and O–H groups in total. The highest BCUT2D eigenvalue weighted by Crippen LogP contribution is 2.07. The molecule has 0 aliphatic carbocycles. The highest BCUT2D eigenvalue weighted by Gasteiger charge is 2.20. The summed E-state index contributed by atoms with van der Waals surface area (Å²) in [5.74, 6) is 0.283. The maximum absolute atomic E-state index is 12.0. The van der Waals surface area contributed by atoms with Crippen LogP contribution in [-0.4, -0.2) is 31.7 Å². The summed E-state index contributed by atoms with van der Waals surface area (Å²) in [5.41, 5.74) is 6.29. The summed E-state index contributed by atoms with van der Waals surface area (Å²) in [6.45, 7) is 4.45. The minimum Gasteiger partial charge on any atom is -0.330 e. The molecule has 6 heteroatoms. The van der Waals surface area contributed by atoms with Gasteiger partial charge in [-0.3, -0.25) is 4.98 Å². The molecule has 5 nitrogen and oxygen atoms in total. The molecular weight excluding hydrogens is 262 g/mol. The second kappa shape index (κ2) is 7.57. The highest BCUT2D eigenvalue weighted by molar-refractivity contribution is 7.89. The molecular formula is C13H23N3O2S. The summed E-state index contributed by atoms with van der Waals surface area (Å²) in [7, 11) is -3.29. The number of aromatic nitrogens is 1. The van der Waals surface area contributed by atoms with Gasteiger partial charge in [-0.05, 0) is 31.0 Å². The molecule has 0 saturated heterocycles. The SMILES string of the molecule is CC(C)C(CCN)NS(=O)(=O)CCc1ccccn1. The molecule has 1 rings (SSSR count). The van der Waals surface area contributed by atoms with Gasteiger partial charge in [0.05, 0.1) is 5.75 Å². The van der Waals surface area contributed by atoms with Crippen molar-refractivity contribution in [1.82, 2.24) is 9.71 Å². The number of rotatable bonds is 8. The zero-order chi connectivity index (χ0) is 14.3. The molecule has 108 valence electrons. The lowest BCUT2D eigenvalue weighted by Gasteiger charge is -2.21. The molecule has 1 aromatic heterocycles. The van der Waals surface area contributed by atoms with E-state index in [-0.39, 0.29) is 17.7 Å². The van der Waals surface area contributed by atoms with Gasteiger partial charge in [0.2, 0.25) is 10.0 Å². The van der Waals surface area contributed by atoms with Gasteiger partial charge >= 0.3 is 0 Å². The Labute approximate surface area is 115 Å². The zero-order valence-corrected chi connectivity index (χ0v) is 12.4. The second-order valence-electron chi connectivity index (χ2n) is 4.94. The smallest absolute Gasteiger partial charge is 0.212 e. The molecule has 0 aliphatic rings. The van der Waals surface area contributed by atoms with E-state index in [1.807, 2.05) is 32.0 Å². The topological polar surface area (TPSA) is 85.1 Å². The van der Waals surface area contributed by atoms with Gasteiger partial charge in [0.25, 0.3) is 0 Å². The predicted molar refractivity (Wildman–Crippen MR) is 77.2 cm³/mol. The molecule has 0 spiro atoms. The lowest BCUT2D eigenvalue weighted by Crippen LogP contribution is -2.41. The summed E-state index contributed by atoms with van der Waals surface area (Å²) < 4.78 is 26.8. The van der Waals surface area contributed by atoms with Crippen LogP contribution in [0.3, 0.4) is 0 Å². The Kier molecular flexibility index (Phi) is 6.41. The Balaban J connectivity index is 2.56. The van der Waals surface area contributed by atoms with Gasteiger partial charge in [0.15, 0.2) is 0 Å². The number of nitrogens with two attached hydrogens (primary N) is 1. The maximum Gasteiger partial charge on any atom is 0.212 e. The first-order chi connectivity index (χ1) is 8.94. The standard InChI is InChI=1S/C13H23N3O2S/c1-11(2)13(6-8-14)16-19(17,18)10-7-12-5-3-4-9-15-12/h3-5,9,11,13,16H,6-8,10,14H2,1-2H3. The van der Waals surface area contributed by atoms with E-state index in [2.05, 4.69) is 9.71 Å². The first kappa shape index (κ1) is 16.1. The van der Waals surface area contributed by atoms with Gasteiger partial charge in [0.1, 0.15) is 0 Å². The third-order valence-corrected chi connectivity index (χ3v) is 4.37. The van der Waals surface area contributed by atoms with E-state index in [1.54, 1.807) is 6.20 Å².